The molecule has 0 amide bonds. The van der Waals surface area contributed by atoms with E-state index >= 15 is 0 Å². The Labute approximate surface area is 234 Å². The largest absolute Gasteiger partial charge is 1.00 e. The second-order valence-corrected chi connectivity index (χ2v) is 11.0. The molecule has 2 aromatic carbocycles. The molecule has 8 heteroatoms. The van der Waals surface area contributed by atoms with Gasteiger partial charge in [0.2, 0.25) is 0 Å². The molecule has 1 atom stereocenters. The van der Waals surface area contributed by atoms with Gasteiger partial charge in [0.15, 0.2) is 5.76 Å². The van der Waals surface area contributed by atoms with Crippen LogP contribution in [-0.2, 0) is 12.1 Å². The van der Waals surface area contributed by atoms with Gasteiger partial charge < -0.3 is 35.8 Å². The zero-order valence-electron chi connectivity index (χ0n) is 20.9. The fraction of sp³-hybridized carbons (Fsp3) is 0.464. The molecule has 0 aliphatic heterocycles. The number of halogens is 3. The molecule has 1 unspecified atom stereocenters. The van der Waals surface area contributed by atoms with Crippen molar-refractivity contribution in [1.29, 1.82) is 0 Å². The van der Waals surface area contributed by atoms with Crippen LogP contribution in [0.25, 0.3) is 0 Å². The molecule has 196 valence electrons. The Bertz CT molecular complexity index is 1100. The van der Waals surface area contributed by atoms with Gasteiger partial charge in [0.1, 0.15) is 28.6 Å². The average molecular weight is 598 g/mol. The van der Waals surface area contributed by atoms with Crippen molar-refractivity contribution in [3.63, 3.8) is 0 Å². The molecule has 0 radical (unpaired) electrons. The summed E-state index contributed by atoms with van der Waals surface area (Å²) in [6.07, 6.45) is 6.32. The van der Waals surface area contributed by atoms with E-state index in [4.69, 9.17) is 32.5 Å². The Hall–Kier alpha value is -1.57. The topological polar surface area (TPSA) is 55.5 Å². The van der Waals surface area contributed by atoms with Gasteiger partial charge in [-0.25, -0.2) is 0 Å². The number of aromatic nitrogens is 1. The van der Waals surface area contributed by atoms with E-state index in [-0.39, 0.29) is 22.9 Å². The van der Waals surface area contributed by atoms with E-state index in [9.17, 15) is 5.11 Å². The van der Waals surface area contributed by atoms with E-state index in [1.807, 2.05) is 48.5 Å². The summed E-state index contributed by atoms with van der Waals surface area (Å²) >= 11 is 12.3. The lowest BCUT2D eigenvalue weighted by Gasteiger charge is -2.37. The maximum absolute atomic E-state index is 12.0. The molecule has 1 saturated carbocycles. The van der Waals surface area contributed by atoms with Crippen LogP contribution in [0.1, 0.15) is 55.5 Å². The molecule has 0 saturated heterocycles. The van der Waals surface area contributed by atoms with E-state index in [1.165, 1.54) is 6.42 Å². The molecule has 36 heavy (non-hydrogen) atoms. The van der Waals surface area contributed by atoms with Gasteiger partial charge in [-0.15, -0.1) is 0 Å². The molecule has 1 N–H and O–H groups in total. The zero-order chi connectivity index (χ0) is 24.9. The van der Waals surface area contributed by atoms with Gasteiger partial charge in [-0.1, -0.05) is 84.0 Å². The van der Waals surface area contributed by atoms with Gasteiger partial charge >= 0.3 is 0 Å². The summed E-state index contributed by atoms with van der Waals surface area (Å²) < 4.78 is 12.3. The van der Waals surface area contributed by atoms with Crippen LogP contribution in [0.3, 0.4) is 0 Å². The van der Waals surface area contributed by atoms with E-state index in [1.54, 1.807) is 6.07 Å². The number of quaternary nitrogens is 1. The third-order valence-corrected chi connectivity index (χ3v) is 7.83. The van der Waals surface area contributed by atoms with Crippen molar-refractivity contribution >= 4 is 23.2 Å². The van der Waals surface area contributed by atoms with Gasteiger partial charge in [-0.05, 0) is 36.5 Å². The van der Waals surface area contributed by atoms with Crippen LogP contribution < -0.4 is 21.7 Å². The lowest BCUT2D eigenvalue weighted by Crippen LogP contribution is -3.00. The summed E-state index contributed by atoms with van der Waals surface area (Å²) in [6.45, 7) is 2.08. The number of nitrogens with zero attached hydrogens (tertiary/aromatic N) is 2. The van der Waals surface area contributed by atoms with Crippen LogP contribution in [0.15, 0.2) is 59.1 Å². The second-order valence-electron chi connectivity index (χ2n) is 10.2. The third-order valence-electron chi connectivity index (χ3n) is 7.02. The molecule has 0 bridgehead atoms. The maximum atomic E-state index is 12.0. The van der Waals surface area contributed by atoms with Gasteiger partial charge in [0.25, 0.3) is 0 Å². The summed E-state index contributed by atoms with van der Waals surface area (Å²) in [5.41, 5.74) is 0.367. The molecular formula is C28H35BrCl2N2O3. The van der Waals surface area contributed by atoms with Crippen molar-refractivity contribution < 1.29 is 35.8 Å². The first-order chi connectivity index (χ1) is 16.8. The Balaban J connectivity index is 0.00000361. The molecule has 3 aromatic rings. The number of rotatable bonds is 10. The highest BCUT2D eigenvalue weighted by molar-refractivity contribution is 6.42. The van der Waals surface area contributed by atoms with Crippen molar-refractivity contribution in [2.75, 3.05) is 27.2 Å². The first kappa shape index (κ1) is 29.0. The van der Waals surface area contributed by atoms with Crippen LogP contribution in [0.2, 0.25) is 10.0 Å². The summed E-state index contributed by atoms with van der Waals surface area (Å²) in [6, 6.07) is 17.3. The van der Waals surface area contributed by atoms with Crippen LogP contribution in [0, 0.1) is 5.92 Å². The van der Waals surface area contributed by atoms with Gasteiger partial charge in [-0.3, -0.25) is 0 Å². The number of hydrogen-bond acceptors (Lipinski definition) is 4. The van der Waals surface area contributed by atoms with Crippen molar-refractivity contribution in [2.45, 2.75) is 50.7 Å². The molecule has 5 nitrogen and oxygen atoms in total. The van der Waals surface area contributed by atoms with Crippen LogP contribution in [-0.4, -0.2) is 42.0 Å². The number of hydrogen-bond donors (Lipinski definition) is 1. The first-order valence-electron chi connectivity index (χ1n) is 12.4. The van der Waals surface area contributed by atoms with E-state index in [0.29, 0.717) is 39.1 Å². The standard InChI is InChI=1S/C28H35Cl2N2O3.BrH/c1-32(2,17-10-18-34-25-16-9-15-24(29)27(25)30)20-23-19-26(31-35-23)28(33,21-11-5-3-6-12-21)22-13-7-4-8-14-22;/h3,5-6,9,11-12,15-16,19,22,33H,4,7-8,10,13-14,17-18,20H2,1-2H3;1H/q+1;/p-1. The van der Waals surface area contributed by atoms with E-state index in [2.05, 4.69) is 19.3 Å². The van der Waals surface area contributed by atoms with Crippen molar-refractivity contribution in [2.24, 2.45) is 5.92 Å². The molecule has 0 spiro atoms. The van der Waals surface area contributed by atoms with E-state index in [0.717, 1.165) is 50.0 Å². The van der Waals surface area contributed by atoms with Crippen LogP contribution in [0.5, 0.6) is 5.75 Å². The Morgan fingerprint density at radius 2 is 1.78 bits per heavy atom. The molecule has 1 fully saturated rings. The predicted molar refractivity (Wildman–Crippen MR) is 140 cm³/mol. The highest BCUT2D eigenvalue weighted by Crippen LogP contribution is 2.43. The lowest BCUT2D eigenvalue weighted by molar-refractivity contribution is -0.904. The molecule has 1 aliphatic rings. The van der Waals surface area contributed by atoms with Crippen LogP contribution in [0.4, 0.5) is 0 Å². The lowest BCUT2D eigenvalue weighted by atomic mass is 9.71. The molecule has 1 aromatic heterocycles. The van der Waals surface area contributed by atoms with Gasteiger partial charge in [0.05, 0.1) is 32.3 Å². The number of benzene rings is 2. The number of aliphatic hydroxyl groups is 1. The Kier molecular flexibility index (Phi) is 10.3. The highest BCUT2D eigenvalue weighted by Gasteiger charge is 2.43. The van der Waals surface area contributed by atoms with Crippen molar-refractivity contribution in [3.05, 3.63) is 81.7 Å². The minimum absolute atomic E-state index is 0. The smallest absolute Gasteiger partial charge is 0.191 e. The minimum Gasteiger partial charge on any atom is -1.00 e. The average Bonchev–Trinajstić information content (AvgIpc) is 3.33. The predicted octanol–water partition coefficient (Wildman–Crippen LogP) is 3.85. The fourth-order valence-electron chi connectivity index (χ4n) is 5.14. The summed E-state index contributed by atoms with van der Waals surface area (Å²) in [7, 11) is 4.30. The third kappa shape index (κ3) is 6.84. The van der Waals surface area contributed by atoms with Crippen molar-refractivity contribution in [1.82, 2.24) is 5.16 Å². The SMILES string of the molecule is C[N+](C)(CCCOc1cccc(Cl)c1Cl)Cc1cc(C(O)(c2ccccc2)C2CCCCC2)no1.[Br-]. The molecule has 4 rings (SSSR count). The number of ether oxygens (including phenoxy) is 1. The zero-order valence-corrected chi connectivity index (χ0v) is 24.0. The summed E-state index contributed by atoms with van der Waals surface area (Å²) in [5, 5.41) is 17.4. The van der Waals surface area contributed by atoms with Gasteiger partial charge in [-0.2, -0.15) is 0 Å². The van der Waals surface area contributed by atoms with E-state index < -0.39 is 5.60 Å². The first-order valence-corrected chi connectivity index (χ1v) is 13.2. The fourth-order valence-corrected chi connectivity index (χ4v) is 5.49. The maximum Gasteiger partial charge on any atom is 0.191 e. The summed E-state index contributed by atoms with van der Waals surface area (Å²) in [4.78, 5) is 0. The second kappa shape index (κ2) is 12.8. The Morgan fingerprint density at radius 3 is 2.50 bits per heavy atom. The normalized spacial score (nSPS) is 16.2. The molecule has 1 aliphatic carbocycles. The highest BCUT2D eigenvalue weighted by atomic mass is 79.9. The van der Waals surface area contributed by atoms with Gasteiger partial charge in [0, 0.05) is 12.5 Å². The molecule has 1 heterocycles. The monoisotopic (exact) mass is 596 g/mol. The summed E-state index contributed by atoms with van der Waals surface area (Å²) in [5.74, 6) is 1.51. The quantitative estimate of drug-likeness (QED) is 0.285. The van der Waals surface area contributed by atoms with Crippen molar-refractivity contribution in [3.8, 4) is 5.75 Å². The minimum atomic E-state index is -1.13. The molecular weight excluding hydrogens is 563 g/mol. The Morgan fingerprint density at radius 1 is 1.06 bits per heavy atom. The van der Waals surface area contributed by atoms with Crippen LogP contribution >= 0.6 is 23.2 Å².